The number of imidazole rings is 1. The highest BCUT2D eigenvalue weighted by atomic mass is 79.9. The third-order valence-corrected chi connectivity index (χ3v) is 4.00. The molecule has 0 bridgehead atoms. The lowest BCUT2D eigenvalue weighted by Gasteiger charge is -2.17. The van der Waals surface area contributed by atoms with Gasteiger partial charge in [-0.3, -0.25) is 4.57 Å². The van der Waals surface area contributed by atoms with Gasteiger partial charge in [0.1, 0.15) is 18.3 Å². The van der Waals surface area contributed by atoms with Crippen LogP contribution in [0.1, 0.15) is 6.23 Å². The van der Waals surface area contributed by atoms with Crippen LogP contribution in [0, 0.1) is 0 Å². The molecule has 1 unspecified atom stereocenters. The van der Waals surface area contributed by atoms with Crippen LogP contribution in [0.3, 0.4) is 0 Å². The minimum Gasteiger partial charge on any atom is -0.394 e. The highest BCUT2D eigenvalue weighted by Gasteiger charge is 2.44. The fraction of sp³-hybridized carbons (Fsp3) is 0.500. The average molecular weight is 381 g/mol. The number of ether oxygens (including phenoxy) is 1. The van der Waals surface area contributed by atoms with Crippen molar-refractivity contribution >= 4 is 44.5 Å². The smallest absolute Gasteiger partial charge is 0.226 e. The quantitative estimate of drug-likeness (QED) is 0.401. The van der Waals surface area contributed by atoms with E-state index in [1.807, 2.05) is 0 Å². The van der Waals surface area contributed by atoms with Gasteiger partial charge in [0.2, 0.25) is 5.28 Å². The third kappa shape index (κ3) is 2.28. The highest BCUT2D eigenvalue weighted by molar-refractivity contribution is 9.10. The number of aliphatic hydroxyl groups excluding tert-OH is 3. The first-order valence-corrected chi connectivity index (χ1v) is 7.10. The second kappa shape index (κ2) is 5.30. The molecule has 0 spiro atoms. The molecule has 3 heterocycles. The van der Waals surface area contributed by atoms with Crippen molar-refractivity contribution in [2.24, 2.45) is 0 Å². The number of rotatable bonds is 2. The Labute approximate surface area is 131 Å². The van der Waals surface area contributed by atoms with E-state index >= 15 is 0 Å². The van der Waals surface area contributed by atoms with E-state index in [1.165, 1.54) is 4.57 Å². The predicted molar refractivity (Wildman–Crippen MR) is 75.5 cm³/mol. The Balaban J connectivity index is 2.15. The number of anilines is 1. The summed E-state index contributed by atoms with van der Waals surface area (Å²) in [5.41, 5.74) is 6.25. The summed E-state index contributed by atoms with van der Waals surface area (Å²) in [6.45, 7) is -0.434. The number of halogens is 2. The summed E-state index contributed by atoms with van der Waals surface area (Å²) in [6, 6.07) is 0. The van der Waals surface area contributed by atoms with Gasteiger partial charge in [0, 0.05) is 0 Å². The summed E-state index contributed by atoms with van der Waals surface area (Å²) in [4.78, 5) is 12.0. The number of nitrogens with zero attached hydrogens (tertiary/aromatic N) is 4. The topological polar surface area (TPSA) is 140 Å². The normalized spacial score (nSPS) is 29.4. The second-order valence-corrected chi connectivity index (χ2v) is 5.58. The van der Waals surface area contributed by atoms with Gasteiger partial charge in [0.05, 0.1) is 6.61 Å². The molecule has 1 aliphatic heterocycles. The number of aromatic nitrogens is 4. The first-order valence-electron chi connectivity index (χ1n) is 5.93. The van der Waals surface area contributed by atoms with Crippen LogP contribution in [0.15, 0.2) is 4.73 Å². The van der Waals surface area contributed by atoms with Gasteiger partial charge in [-0.1, -0.05) is 0 Å². The van der Waals surface area contributed by atoms with E-state index in [-0.39, 0.29) is 27.0 Å². The maximum Gasteiger partial charge on any atom is 0.226 e. The zero-order valence-corrected chi connectivity index (χ0v) is 12.7. The number of nitrogens with two attached hydrogens (primary N) is 1. The molecule has 11 heteroatoms. The fourth-order valence-electron chi connectivity index (χ4n) is 2.26. The maximum atomic E-state index is 10.1. The molecule has 3 rings (SSSR count). The molecule has 0 amide bonds. The average Bonchev–Trinajstić information content (AvgIpc) is 2.89. The Morgan fingerprint density at radius 1 is 1.29 bits per heavy atom. The highest BCUT2D eigenvalue weighted by Crippen LogP contribution is 2.35. The first-order chi connectivity index (χ1) is 9.93. The van der Waals surface area contributed by atoms with Crippen molar-refractivity contribution in [2.45, 2.75) is 24.5 Å². The fourth-order valence-corrected chi connectivity index (χ4v) is 2.98. The Morgan fingerprint density at radius 2 is 2.00 bits per heavy atom. The van der Waals surface area contributed by atoms with Crippen LogP contribution in [-0.4, -0.2) is 59.8 Å². The largest absolute Gasteiger partial charge is 0.394 e. The Kier molecular flexibility index (Phi) is 3.76. The molecule has 4 atom stereocenters. The summed E-state index contributed by atoms with van der Waals surface area (Å²) in [5, 5.41) is 29.0. The molecular weight excluding hydrogens is 369 g/mol. The van der Waals surface area contributed by atoms with Crippen LogP contribution in [0.25, 0.3) is 11.2 Å². The minimum absolute atomic E-state index is 0.0798. The zero-order valence-electron chi connectivity index (χ0n) is 10.4. The maximum absolute atomic E-state index is 10.1. The number of hydrogen-bond acceptors (Lipinski definition) is 8. The second-order valence-electron chi connectivity index (χ2n) is 4.53. The summed E-state index contributed by atoms with van der Waals surface area (Å²) < 4.78 is 7.11. The minimum atomic E-state index is -1.27. The lowest BCUT2D eigenvalue weighted by atomic mass is 10.1. The third-order valence-electron chi connectivity index (χ3n) is 3.27. The lowest BCUT2D eigenvalue weighted by Crippen LogP contribution is -2.33. The monoisotopic (exact) mass is 379 g/mol. The standard InChI is InChI=1S/C10H11BrClN5O4/c11-9-14-3-6(13)15-10(12)16-7(3)17(9)8-5(20)4(19)2(1-18)21-8/h2,4-5,8,18-20H,1H2,(H2,13,15,16)/t2-,4?,5+,8-/m1/s1. The summed E-state index contributed by atoms with van der Waals surface area (Å²) in [6.07, 6.45) is -4.42. The molecule has 0 aromatic carbocycles. The molecular formula is C10H11BrClN5O4. The molecule has 0 saturated carbocycles. The van der Waals surface area contributed by atoms with E-state index in [1.54, 1.807) is 0 Å². The number of aliphatic hydroxyl groups is 3. The predicted octanol–water partition coefficient (Wildman–Crippen LogP) is -0.564. The van der Waals surface area contributed by atoms with Gasteiger partial charge in [-0.05, 0) is 27.5 Å². The van der Waals surface area contributed by atoms with Crippen molar-refractivity contribution in [1.82, 2.24) is 19.5 Å². The number of fused-ring (bicyclic) bond motifs is 1. The van der Waals surface area contributed by atoms with Crippen LogP contribution >= 0.6 is 27.5 Å². The van der Waals surface area contributed by atoms with Crippen molar-refractivity contribution in [1.29, 1.82) is 0 Å². The Hall–Kier alpha value is -1.04. The van der Waals surface area contributed by atoms with Gasteiger partial charge in [-0.2, -0.15) is 9.97 Å². The van der Waals surface area contributed by atoms with Crippen molar-refractivity contribution in [3.05, 3.63) is 10.0 Å². The van der Waals surface area contributed by atoms with Crippen molar-refractivity contribution in [3.8, 4) is 0 Å². The molecule has 1 saturated heterocycles. The van der Waals surface area contributed by atoms with Crippen molar-refractivity contribution < 1.29 is 20.1 Å². The van der Waals surface area contributed by atoms with E-state index in [0.29, 0.717) is 0 Å². The summed E-state index contributed by atoms with van der Waals surface area (Å²) in [5.74, 6) is 0.0798. The summed E-state index contributed by atoms with van der Waals surface area (Å²) in [7, 11) is 0. The van der Waals surface area contributed by atoms with Crippen LogP contribution in [0.2, 0.25) is 5.28 Å². The zero-order chi connectivity index (χ0) is 15.3. The van der Waals surface area contributed by atoms with Crippen LogP contribution in [0.4, 0.5) is 5.82 Å². The number of hydrogen-bond donors (Lipinski definition) is 4. The van der Waals surface area contributed by atoms with Crippen molar-refractivity contribution in [3.63, 3.8) is 0 Å². The van der Waals surface area contributed by atoms with Crippen LogP contribution in [0.5, 0.6) is 0 Å². The molecule has 114 valence electrons. The van der Waals surface area contributed by atoms with Gasteiger partial charge in [-0.15, -0.1) is 0 Å². The molecule has 0 radical (unpaired) electrons. The van der Waals surface area contributed by atoms with E-state index in [4.69, 9.17) is 27.2 Å². The van der Waals surface area contributed by atoms with Crippen molar-refractivity contribution in [2.75, 3.05) is 12.3 Å². The van der Waals surface area contributed by atoms with Gasteiger partial charge in [0.25, 0.3) is 0 Å². The van der Waals surface area contributed by atoms with Gasteiger partial charge < -0.3 is 25.8 Å². The number of nitrogen functional groups attached to an aromatic ring is 1. The molecule has 21 heavy (non-hydrogen) atoms. The van der Waals surface area contributed by atoms with E-state index in [2.05, 4.69) is 30.9 Å². The molecule has 1 aliphatic rings. The van der Waals surface area contributed by atoms with Crippen LogP contribution < -0.4 is 5.73 Å². The molecule has 5 N–H and O–H groups in total. The Morgan fingerprint density at radius 3 is 2.62 bits per heavy atom. The summed E-state index contributed by atoms with van der Waals surface area (Å²) >= 11 is 9.00. The van der Waals surface area contributed by atoms with Gasteiger partial charge in [0.15, 0.2) is 27.9 Å². The molecule has 2 aromatic rings. The SMILES string of the molecule is Nc1nc(Cl)nc2c1nc(Br)n2[C@@H]1O[C@H](CO)C(O)[C@@H]1O. The molecule has 0 aliphatic carbocycles. The van der Waals surface area contributed by atoms with Crippen LogP contribution in [-0.2, 0) is 4.74 Å². The van der Waals surface area contributed by atoms with E-state index in [9.17, 15) is 10.2 Å². The van der Waals surface area contributed by atoms with E-state index in [0.717, 1.165) is 0 Å². The van der Waals surface area contributed by atoms with Gasteiger partial charge in [-0.25, -0.2) is 4.98 Å². The first kappa shape index (κ1) is 14.9. The Bertz CT molecular complexity index is 698. The molecule has 9 nitrogen and oxygen atoms in total. The molecule has 1 fully saturated rings. The lowest BCUT2D eigenvalue weighted by molar-refractivity contribution is -0.0521. The van der Waals surface area contributed by atoms with E-state index < -0.39 is 31.1 Å². The van der Waals surface area contributed by atoms with Gasteiger partial charge >= 0.3 is 0 Å². The molecule has 2 aromatic heterocycles.